The first kappa shape index (κ1) is 17.7. The minimum atomic E-state index is 0.00140. The largest absolute Gasteiger partial charge is 0.464 e. The molecular weight excluding hydrogens is 278 g/mol. The van der Waals surface area contributed by atoms with Crippen LogP contribution in [-0.2, 0) is 9.53 Å². The minimum absolute atomic E-state index is 0.00140. The standard InChI is InChI=1S/C17H33N3O2/c1-18(2)10-6-14-22-17(21)16-7-4-5-11-20(16)15-8-12-19(3)13-9-15/h15-16H,4-14H2,1-3H3. The van der Waals surface area contributed by atoms with Gasteiger partial charge >= 0.3 is 5.97 Å². The van der Waals surface area contributed by atoms with Crippen LogP contribution in [0.4, 0.5) is 0 Å². The number of rotatable bonds is 6. The fraction of sp³-hybridized carbons (Fsp3) is 0.941. The summed E-state index contributed by atoms with van der Waals surface area (Å²) in [5, 5.41) is 0. The van der Waals surface area contributed by atoms with E-state index in [0.717, 1.165) is 45.4 Å². The summed E-state index contributed by atoms with van der Waals surface area (Å²) in [6.07, 6.45) is 6.62. The molecule has 5 nitrogen and oxygen atoms in total. The molecule has 2 saturated heterocycles. The zero-order valence-electron chi connectivity index (χ0n) is 14.6. The van der Waals surface area contributed by atoms with E-state index in [1.807, 2.05) is 14.1 Å². The van der Waals surface area contributed by atoms with Gasteiger partial charge in [-0.3, -0.25) is 9.69 Å². The van der Waals surface area contributed by atoms with E-state index in [-0.39, 0.29) is 12.0 Å². The van der Waals surface area contributed by atoms with E-state index in [0.29, 0.717) is 12.6 Å². The fourth-order valence-corrected chi connectivity index (χ4v) is 3.62. The minimum Gasteiger partial charge on any atom is -0.464 e. The van der Waals surface area contributed by atoms with Crippen LogP contribution in [0, 0.1) is 0 Å². The molecule has 0 bridgehead atoms. The van der Waals surface area contributed by atoms with E-state index in [2.05, 4.69) is 21.7 Å². The molecule has 0 aromatic rings. The van der Waals surface area contributed by atoms with Gasteiger partial charge in [-0.25, -0.2) is 0 Å². The highest BCUT2D eigenvalue weighted by molar-refractivity contribution is 5.76. The van der Waals surface area contributed by atoms with Crippen LogP contribution in [-0.4, -0.2) is 86.7 Å². The molecule has 0 amide bonds. The Labute approximate surface area is 135 Å². The molecule has 22 heavy (non-hydrogen) atoms. The molecule has 0 spiro atoms. The van der Waals surface area contributed by atoms with Crippen molar-refractivity contribution in [2.75, 3.05) is 53.9 Å². The predicted molar refractivity (Wildman–Crippen MR) is 89.0 cm³/mol. The maximum Gasteiger partial charge on any atom is 0.323 e. The van der Waals surface area contributed by atoms with Crippen molar-refractivity contribution < 1.29 is 9.53 Å². The molecule has 2 heterocycles. The van der Waals surface area contributed by atoms with Gasteiger partial charge in [-0.15, -0.1) is 0 Å². The molecule has 2 aliphatic rings. The number of esters is 1. The molecule has 0 aliphatic carbocycles. The number of likely N-dealkylation sites (tertiary alicyclic amines) is 2. The lowest BCUT2D eigenvalue weighted by Crippen LogP contribution is -2.53. The Bertz CT molecular complexity index is 341. The van der Waals surface area contributed by atoms with E-state index in [9.17, 15) is 4.79 Å². The predicted octanol–water partition coefficient (Wildman–Crippen LogP) is 1.43. The molecule has 2 fully saturated rings. The molecule has 5 heteroatoms. The smallest absolute Gasteiger partial charge is 0.323 e. The van der Waals surface area contributed by atoms with Crippen LogP contribution in [0.3, 0.4) is 0 Å². The van der Waals surface area contributed by atoms with Crippen molar-refractivity contribution in [3.63, 3.8) is 0 Å². The number of nitrogens with zero attached hydrogens (tertiary/aromatic N) is 3. The summed E-state index contributed by atoms with van der Waals surface area (Å²) >= 11 is 0. The second-order valence-electron chi connectivity index (χ2n) is 7.11. The van der Waals surface area contributed by atoms with Gasteiger partial charge in [0, 0.05) is 12.6 Å². The van der Waals surface area contributed by atoms with Gasteiger partial charge in [-0.05, 0) is 72.9 Å². The maximum absolute atomic E-state index is 12.5. The lowest BCUT2D eigenvalue weighted by molar-refractivity contribution is -0.153. The summed E-state index contributed by atoms with van der Waals surface area (Å²) in [7, 11) is 6.28. The summed E-state index contributed by atoms with van der Waals surface area (Å²) < 4.78 is 5.56. The first-order valence-corrected chi connectivity index (χ1v) is 8.83. The van der Waals surface area contributed by atoms with Crippen LogP contribution >= 0.6 is 0 Å². The summed E-state index contributed by atoms with van der Waals surface area (Å²) in [6.45, 7) is 4.87. The van der Waals surface area contributed by atoms with Crippen LogP contribution < -0.4 is 0 Å². The number of carbonyl (C=O) groups excluding carboxylic acids is 1. The highest BCUT2D eigenvalue weighted by atomic mass is 16.5. The second kappa shape index (κ2) is 8.85. The normalized spacial score (nSPS) is 25.5. The molecule has 2 aliphatic heterocycles. The molecule has 128 valence electrons. The van der Waals surface area contributed by atoms with Gasteiger partial charge in [0.05, 0.1) is 6.61 Å². The van der Waals surface area contributed by atoms with Crippen molar-refractivity contribution >= 4 is 5.97 Å². The van der Waals surface area contributed by atoms with Gasteiger partial charge in [-0.1, -0.05) is 6.42 Å². The molecule has 2 rings (SSSR count). The zero-order chi connectivity index (χ0) is 15.9. The monoisotopic (exact) mass is 311 g/mol. The van der Waals surface area contributed by atoms with Crippen molar-refractivity contribution in [3.8, 4) is 0 Å². The highest BCUT2D eigenvalue weighted by Crippen LogP contribution is 2.25. The van der Waals surface area contributed by atoms with Crippen LogP contribution in [0.25, 0.3) is 0 Å². The SMILES string of the molecule is CN(C)CCCOC(=O)C1CCCCN1C1CCN(C)CC1. The first-order chi connectivity index (χ1) is 10.6. The average Bonchev–Trinajstić information content (AvgIpc) is 2.52. The van der Waals surface area contributed by atoms with E-state index in [1.165, 1.54) is 19.3 Å². The summed E-state index contributed by atoms with van der Waals surface area (Å²) in [4.78, 5) is 19.4. The molecule has 0 aromatic carbocycles. The molecule has 1 unspecified atom stereocenters. The average molecular weight is 311 g/mol. The zero-order valence-corrected chi connectivity index (χ0v) is 14.6. The third kappa shape index (κ3) is 5.21. The van der Waals surface area contributed by atoms with Crippen LogP contribution in [0.1, 0.15) is 38.5 Å². The summed E-state index contributed by atoms with van der Waals surface area (Å²) in [5.41, 5.74) is 0. The Balaban J connectivity index is 1.82. The second-order valence-corrected chi connectivity index (χ2v) is 7.11. The fourth-order valence-electron chi connectivity index (χ4n) is 3.62. The van der Waals surface area contributed by atoms with Crippen LogP contribution in [0.15, 0.2) is 0 Å². The Kier molecular flexibility index (Phi) is 7.12. The molecule has 0 aromatic heterocycles. The van der Waals surface area contributed by atoms with Gasteiger partial charge in [0.1, 0.15) is 6.04 Å². The van der Waals surface area contributed by atoms with E-state index >= 15 is 0 Å². The quantitative estimate of drug-likeness (QED) is 0.548. The van der Waals surface area contributed by atoms with Crippen molar-refractivity contribution in [2.24, 2.45) is 0 Å². The maximum atomic E-state index is 12.5. The van der Waals surface area contributed by atoms with E-state index < -0.39 is 0 Å². The lowest BCUT2D eigenvalue weighted by atomic mass is 9.95. The molecule has 1 atom stereocenters. The van der Waals surface area contributed by atoms with Gasteiger partial charge < -0.3 is 14.5 Å². The summed E-state index contributed by atoms with van der Waals surface area (Å²) in [6, 6.07) is 0.567. The Morgan fingerprint density at radius 3 is 2.55 bits per heavy atom. The van der Waals surface area contributed by atoms with Crippen molar-refractivity contribution in [1.29, 1.82) is 0 Å². The number of ether oxygens (including phenoxy) is 1. The Hall–Kier alpha value is -0.650. The Morgan fingerprint density at radius 2 is 1.86 bits per heavy atom. The number of hydrogen-bond acceptors (Lipinski definition) is 5. The molecule has 0 radical (unpaired) electrons. The number of carbonyl (C=O) groups is 1. The third-order valence-corrected chi connectivity index (χ3v) is 4.97. The van der Waals surface area contributed by atoms with Crippen LogP contribution in [0.5, 0.6) is 0 Å². The third-order valence-electron chi connectivity index (χ3n) is 4.97. The van der Waals surface area contributed by atoms with E-state index in [4.69, 9.17) is 4.74 Å². The molecule has 0 N–H and O–H groups in total. The Morgan fingerprint density at radius 1 is 1.14 bits per heavy atom. The highest BCUT2D eigenvalue weighted by Gasteiger charge is 2.35. The van der Waals surface area contributed by atoms with E-state index in [1.54, 1.807) is 0 Å². The van der Waals surface area contributed by atoms with Gasteiger partial charge in [0.2, 0.25) is 0 Å². The number of piperidine rings is 2. The summed E-state index contributed by atoms with van der Waals surface area (Å²) in [5.74, 6) is 0.0115. The van der Waals surface area contributed by atoms with Gasteiger partial charge in [0.25, 0.3) is 0 Å². The van der Waals surface area contributed by atoms with Crippen molar-refractivity contribution in [1.82, 2.24) is 14.7 Å². The topological polar surface area (TPSA) is 36.0 Å². The lowest BCUT2D eigenvalue weighted by Gasteiger charge is -2.43. The van der Waals surface area contributed by atoms with Crippen LogP contribution in [0.2, 0.25) is 0 Å². The molecule has 0 saturated carbocycles. The van der Waals surface area contributed by atoms with Gasteiger partial charge in [-0.2, -0.15) is 0 Å². The van der Waals surface area contributed by atoms with Crippen molar-refractivity contribution in [2.45, 2.75) is 50.6 Å². The molecular formula is C17H33N3O2. The van der Waals surface area contributed by atoms with Crippen molar-refractivity contribution in [3.05, 3.63) is 0 Å². The number of hydrogen-bond donors (Lipinski definition) is 0. The van der Waals surface area contributed by atoms with Gasteiger partial charge in [0.15, 0.2) is 0 Å². The first-order valence-electron chi connectivity index (χ1n) is 8.83.